The zero-order valence-electron chi connectivity index (χ0n) is 25.4. The molecule has 230 valence electrons. The number of amides is 3. The number of hydrogen-bond acceptors (Lipinski definition) is 9. The molecule has 0 bridgehead atoms. The van der Waals surface area contributed by atoms with Crippen molar-refractivity contribution in [2.24, 2.45) is 5.41 Å². The van der Waals surface area contributed by atoms with Gasteiger partial charge in [-0.2, -0.15) is 0 Å². The average molecular weight is 603 g/mol. The molecule has 0 spiro atoms. The quantitative estimate of drug-likeness (QED) is 0.352. The fraction of sp³-hybridized carbons (Fsp3) is 0.567. The Morgan fingerprint density at radius 2 is 1.76 bits per heavy atom. The summed E-state index contributed by atoms with van der Waals surface area (Å²) in [5, 5.41) is 15.9. The Hall–Kier alpha value is -3.35. The summed E-state index contributed by atoms with van der Waals surface area (Å²) >= 11 is 1.57. The van der Waals surface area contributed by atoms with E-state index in [4.69, 9.17) is 9.47 Å². The van der Waals surface area contributed by atoms with E-state index in [-0.39, 0.29) is 25.4 Å². The molecular formula is C30H42N4O7S. The molecule has 3 atom stereocenters. The van der Waals surface area contributed by atoms with Crippen molar-refractivity contribution in [2.45, 2.75) is 85.2 Å². The highest BCUT2D eigenvalue weighted by molar-refractivity contribution is 7.13. The predicted molar refractivity (Wildman–Crippen MR) is 158 cm³/mol. The lowest BCUT2D eigenvalue weighted by molar-refractivity contribution is -0.161. The largest absolute Gasteiger partial charge is 0.458 e. The number of thiazole rings is 1. The standard InChI is InChI=1S/C30H42N4O7S/c1-18-25(42-17-32-18)20-10-8-19(9-11-20)13-31-27(38)22-12-21(35)14-34(22)28(39)26(29(2,3)4)33-23(36)15-40-16-24(37)41-30(5,6)7/h8-11,17,21-22,26,35H,12-16H2,1-7H3,(H,31,38)(H,33,36)/t21-,22+,26-/m1/s1. The fourth-order valence-corrected chi connectivity index (χ4v) is 5.39. The van der Waals surface area contributed by atoms with Crippen LogP contribution in [0.3, 0.4) is 0 Å². The highest BCUT2D eigenvalue weighted by Gasteiger charge is 2.44. The van der Waals surface area contributed by atoms with Crippen LogP contribution in [-0.4, -0.2) is 82.2 Å². The molecule has 42 heavy (non-hydrogen) atoms. The molecule has 3 N–H and O–H groups in total. The Kier molecular flexibility index (Phi) is 10.9. The first kappa shape index (κ1) is 33.2. The van der Waals surface area contributed by atoms with E-state index in [0.717, 1.165) is 21.7 Å². The van der Waals surface area contributed by atoms with Gasteiger partial charge in [0.2, 0.25) is 17.7 Å². The predicted octanol–water partition coefficient (Wildman–Crippen LogP) is 2.59. The molecule has 1 saturated heterocycles. The van der Waals surface area contributed by atoms with Crippen LogP contribution < -0.4 is 10.6 Å². The zero-order valence-corrected chi connectivity index (χ0v) is 26.2. The number of nitrogens with zero attached hydrogens (tertiary/aromatic N) is 2. The smallest absolute Gasteiger partial charge is 0.332 e. The van der Waals surface area contributed by atoms with Gasteiger partial charge in [0.05, 0.1) is 22.2 Å². The SMILES string of the molecule is Cc1ncsc1-c1ccc(CNC(=O)[C@@H]2C[C@@H](O)CN2C(=O)[C@@H](NC(=O)COCC(=O)OC(C)(C)C)C(C)(C)C)cc1. The van der Waals surface area contributed by atoms with Gasteiger partial charge in [-0.3, -0.25) is 14.4 Å². The van der Waals surface area contributed by atoms with E-state index < -0.39 is 60.2 Å². The summed E-state index contributed by atoms with van der Waals surface area (Å²) in [6.45, 7) is 11.9. The highest BCUT2D eigenvalue weighted by atomic mass is 32.1. The van der Waals surface area contributed by atoms with Crippen molar-refractivity contribution in [2.75, 3.05) is 19.8 Å². The molecule has 1 aliphatic heterocycles. The maximum atomic E-state index is 13.7. The minimum Gasteiger partial charge on any atom is -0.458 e. The Bertz CT molecular complexity index is 1260. The van der Waals surface area contributed by atoms with Gasteiger partial charge in [0.15, 0.2) is 0 Å². The second-order valence-corrected chi connectivity index (χ2v) is 13.4. The van der Waals surface area contributed by atoms with Crippen LogP contribution in [0, 0.1) is 12.3 Å². The Labute approximate surface area is 251 Å². The Morgan fingerprint density at radius 1 is 1.10 bits per heavy atom. The summed E-state index contributed by atoms with van der Waals surface area (Å²) in [5.74, 6) is -2.07. The first-order valence-corrected chi connectivity index (χ1v) is 14.8. The molecule has 1 aliphatic rings. The molecule has 0 unspecified atom stereocenters. The molecule has 3 amide bonds. The van der Waals surface area contributed by atoms with Crippen LogP contribution in [0.2, 0.25) is 0 Å². The summed E-state index contributed by atoms with van der Waals surface area (Å²) < 4.78 is 10.3. The van der Waals surface area contributed by atoms with Crippen LogP contribution in [-0.2, 0) is 35.2 Å². The van der Waals surface area contributed by atoms with Crippen LogP contribution in [0.5, 0.6) is 0 Å². The van der Waals surface area contributed by atoms with Crippen molar-refractivity contribution in [3.05, 3.63) is 41.0 Å². The van der Waals surface area contributed by atoms with E-state index in [9.17, 15) is 24.3 Å². The number of aliphatic hydroxyl groups is 1. The topological polar surface area (TPSA) is 147 Å². The lowest BCUT2D eigenvalue weighted by Crippen LogP contribution is -2.58. The maximum Gasteiger partial charge on any atom is 0.332 e. The maximum absolute atomic E-state index is 13.7. The lowest BCUT2D eigenvalue weighted by Gasteiger charge is -2.35. The summed E-state index contributed by atoms with van der Waals surface area (Å²) in [4.78, 5) is 58.1. The monoisotopic (exact) mass is 602 g/mol. The van der Waals surface area contributed by atoms with Crippen molar-refractivity contribution in [3.63, 3.8) is 0 Å². The van der Waals surface area contributed by atoms with Gasteiger partial charge in [0.1, 0.15) is 30.9 Å². The van der Waals surface area contributed by atoms with Gasteiger partial charge in [-0.15, -0.1) is 11.3 Å². The zero-order chi connectivity index (χ0) is 31.2. The van der Waals surface area contributed by atoms with E-state index in [0.29, 0.717) is 0 Å². The molecule has 1 fully saturated rings. The second-order valence-electron chi connectivity index (χ2n) is 12.5. The number of carbonyl (C=O) groups excluding carboxylic acids is 4. The van der Waals surface area contributed by atoms with Gasteiger partial charge < -0.3 is 30.1 Å². The van der Waals surface area contributed by atoms with Gasteiger partial charge in [-0.1, -0.05) is 45.0 Å². The number of likely N-dealkylation sites (tertiary alicyclic amines) is 1. The molecule has 0 saturated carbocycles. The summed E-state index contributed by atoms with van der Waals surface area (Å²) in [6.07, 6.45) is -0.787. The molecule has 12 heteroatoms. The Morgan fingerprint density at radius 3 is 2.33 bits per heavy atom. The number of β-amino-alcohol motifs (C(OH)–C–C–N with tert-alkyl or cyclic N) is 1. The van der Waals surface area contributed by atoms with Gasteiger partial charge >= 0.3 is 5.97 Å². The van der Waals surface area contributed by atoms with Crippen LogP contribution in [0.1, 0.15) is 59.2 Å². The average Bonchev–Trinajstić information content (AvgIpc) is 3.49. The molecule has 1 aromatic heterocycles. The number of esters is 1. The molecular weight excluding hydrogens is 560 g/mol. The van der Waals surface area contributed by atoms with Gasteiger partial charge in [-0.25, -0.2) is 9.78 Å². The van der Waals surface area contributed by atoms with Crippen LogP contribution >= 0.6 is 11.3 Å². The van der Waals surface area contributed by atoms with E-state index >= 15 is 0 Å². The van der Waals surface area contributed by atoms with E-state index in [1.165, 1.54) is 4.90 Å². The minimum atomic E-state index is -1.00. The third-order valence-corrected chi connectivity index (χ3v) is 7.56. The number of aliphatic hydroxyl groups excluding tert-OH is 1. The van der Waals surface area contributed by atoms with E-state index in [2.05, 4.69) is 15.6 Å². The summed E-state index contributed by atoms with van der Waals surface area (Å²) in [6, 6.07) is 5.92. The van der Waals surface area contributed by atoms with Crippen molar-refractivity contribution in [1.29, 1.82) is 0 Å². The first-order valence-electron chi connectivity index (χ1n) is 13.9. The number of aryl methyl sites for hydroxylation is 1. The normalized spacial score (nSPS) is 18.0. The number of benzene rings is 1. The second kappa shape index (κ2) is 13.7. The van der Waals surface area contributed by atoms with Crippen LogP contribution in [0.15, 0.2) is 29.8 Å². The minimum absolute atomic E-state index is 0.0303. The molecule has 0 radical (unpaired) electrons. The Balaban J connectivity index is 1.60. The summed E-state index contributed by atoms with van der Waals surface area (Å²) in [5.41, 5.74) is 3.30. The number of ether oxygens (including phenoxy) is 2. The number of aromatic nitrogens is 1. The highest BCUT2D eigenvalue weighted by Crippen LogP contribution is 2.28. The molecule has 3 rings (SSSR count). The molecule has 2 aromatic rings. The van der Waals surface area contributed by atoms with Crippen LogP contribution in [0.25, 0.3) is 10.4 Å². The van der Waals surface area contributed by atoms with E-state index in [1.54, 1.807) is 58.4 Å². The van der Waals surface area contributed by atoms with Gasteiger partial charge in [0.25, 0.3) is 0 Å². The van der Waals surface area contributed by atoms with Crippen molar-refractivity contribution < 1.29 is 33.8 Å². The third-order valence-electron chi connectivity index (χ3n) is 6.58. The number of carbonyl (C=O) groups is 4. The van der Waals surface area contributed by atoms with Crippen molar-refractivity contribution in [3.8, 4) is 10.4 Å². The van der Waals surface area contributed by atoms with Gasteiger partial charge in [0, 0.05) is 19.5 Å². The number of hydrogen-bond donors (Lipinski definition) is 3. The number of rotatable bonds is 10. The van der Waals surface area contributed by atoms with Crippen molar-refractivity contribution >= 4 is 35.0 Å². The molecule has 1 aromatic carbocycles. The summed E-state index contributed by atoms with van der Waals surface area (Å²) in [7, 11) is 0. The molecule has 0 aliphatic carbocycles. The van der Waals surface area contributed by atoms with Gasteiger partial charge in [-0.05, 0) is 44.2 Å². The first-order chi connectivity index (χ1) is 19.5. The fourth-order valence-electron chi connectivity index (χ4n) is 4.58. The molecule has 2 heterocycles. The third kappa shape index (κ3) is 9.33. The number of nitrogens with one attached hydrogen (secondary N) is 2. The lowest BCUT2D eigenvalue weighted by atomic mass is 9.85. The van der Waals surface area contributed by atoms with Crippen molar-refractivity contribution in [1.82, 2.24) is 20.5 Å². The van der Waals surface area contributed by atoms with Crippen LogP contribution in [0.4, 0.5) is 0 Å². The van der Waals surface area contributed by atoms with E-state index in [1.807, 2.05) is 31.2 Å². The molecule has 11 nitrogen and oxygen atoms in total.